The first kappa shape index (κ1) is 26.8. The number of fused-ring (bicyclic) bond motifs is 1. The molecule has 0 bridgehead atoms. The van der Waals surface area contributed by atoms with E-state index in [-0.39, 0.29) is 17.5 Å². The maximum absolute atomic E-state index is 13.1. The van der Waals surface area contributed by atoms with Crippen molar-refractivity contribution in [3.05, 3.63) is 45.8 Å². The Balaban J connectivity index is 1.56. The highest BCUT2D eigenvalue weighted by atomic mass is 32.2. The number of hydrogen-bond donors (Lipinski definition) is 1. The van der Waals surface area contributed by atoms with E-state index in [2.05, 4.69) is 24.1 Å². The van der Waals surface area contributed by atoms with E-state index in [1.54, 1.807) is 11.2 Å². The number of carbonyl (C=O) groups is 2. The van der Waals surface area contributed by atoms with Gasteiger partial charge in [0.15, 0.2) is 0 Å². The predicted octanol–water partition coefficient (Wildman–Crippen LogP) is 4.51. The van der Waals surface area contributed by atoms with Crippen LogP contribution >= 0.6 is 11.3 Å². The summed E-state index contributed by atoms with van der Waals surface area (Å²) in [6.07, 6.45) is 3.45. The quantitative estimate of drug-likeness (QED) is 0.526. The first-order chi connectivity index (χ1) is 17.1. The van der Waals surface area contributed by atoms with Crippen LogP contribution in [0.25, 0.3) is 0 Å². The van der Waals surface area contributed by atoms with Gasteiger partial charge in [0.2, 0.25) is 10.0 Å². The van der Waals surface area contributed by atoms with Crippen LogP contribution in [0.5, 0.6) is 0 Å². The largest absolute Gasteiger partial charge is 0.462 e. The monoisotopic (exact) mass is 533 g/mol. The van der Waals surface area contributed by atoms with E-state index in [9.17, 15) is 18.0 Å². The molecule has 0 unspecified atom stereocenters. The molecule has 196 valence electrons. The second kappa shape index (κ2) is 11.0. The van der Waals surface area contributed by atoms with E-state index in [4.69, 9.17) is 4.74 Å². The van der Waals surface area contributed by atoms with Crippen molar-refractivity contribution in [2.75, 3.05) is 25.0 Å². The molecule has 0 saturated carbocycles. The Labute approximate surface area is 217 Å². The van der Waals surface area contributed by atoms with Crippen molar-refractivity contribution in [1.82, 2.24) is 9.21 Å². The summed E-state index contributed by atoms with van der Waals surface area (Å²) in [5.41, 5.74) is 1.71. The number of rotatable bonds is 7. The molecule has 1 amide bonds. The molecule has 1 N–H and O–H groups in total. The molecule has 1 aromatic carbocycles. The fourth-order valence-corrected chi connectivity index (χ4v) is 7.84. The number of hydrogen-bond acceptors (Lipinski definition) is 7. The molecule has 8 nitrogen and oxygen atoms in total. The standard InChI is InChI=1S/C26H35N3O5S2/c1-5-34-26(31)23-21-13-15-28(17(2)3)16-22(21)35-25(23)27-24(30)19-9-11-20(12-10-19)36(32,33)29-14-7-6-8-18(29)4/h9-12,17-18H,5-8,13-16H2,1-4H3,(H,27,30)/t18-/m1/s1. The van der Waals surface area contributed by atoms with E-state index in [1.165, 1.54) is 35.6 Å². The van der Waals surface area contributed by atoms with Gasteiger partial charge in [-0.25, -0.2) is 13.2 Å². The summed E-state index contributed by atoms with van der Waals surface area (Å²) in [5.74, 6) is -0.824. The highest BCUT2D eigenvalue weighted by Crippen LogP contribution is 2.38. The number of carbonyl (C=O) groups excluding carboxylic acids is 2. The lowest BCUT2D eigenvalue weighted by Gasteiger charge is -2.32. The van der Waals surface area contributed by atoms with E-state index in [0.717, 1.165) is 49.2 Å². The molecular formula is C26H35N3O5S2. The zero-order chi connectivity index (χ0) is 26.0. The van der Waals surface area contributed by atoms with E-state index >= 15 is 0 Å². The number of nitrogens with one attached hydrogen (secondary N) is 1. The van der Waals surface area contributed by atoms with Crippen LogP contribution in [0, 0.1) is 0 Å². The predicted molar refractivity (Wildman–Crippen MR) is 141 cm³/mol. The third kappa shape index (κ3) is 5.37. The van der Waals surface area contributed by atoms with Crippen molar-refractivity contribution < 1.29 is 22.7 Å². The van der Waals surface area contributed by atoms with Crippen LogP contribution in [-0.2, 0) is 27.7 Å². The van der Waals surface area contributed by atoms with Gasteiger partial charge >= 0.3 is 5.97 Å². The molecule has 3 heterocycles. The molecule has 1 aromatic heterocycles. The van der Waals surface area contributed by atoms with Crippen LogP contribution < -0.4 is 5.32 Å². The second-order valence-electron chi connectivity index (χ2n) is 9.68. The Morgan fingerprint density at radius 1 is 1.17 bits per heavy atom. The molecule has 1 saturated heterocycles. The van der Waals surface area contributed by atoms with E-state index in [1.807, 2.05) is 6.92 Å². The van der Waals surface area contributed by atoms with E-state index in [0.29, 0.717) is 28.7 Å². The van der Waals surface area contributed by atoms with Crippen molar-refractivity contribution in [2.24, 2.45) is 0 Å². The number of benzene rings is 1. The van der Waals surface area contributed by atoms with Crippen molar-refractivity contribution >= 4 is 38.2 Å². The molecule has 2 aliphatic heterocycles. The summed E-state index contributed by atoms with van der Waals surface area (Å²) in [6.45, 7) is 10.3. The Bertz CT molecular complexity index is 1220. The van der Waals surface area contributed by atoms with Crippen LogP contribution in [0.1, 0.15) is 78.1 Å². The zero-order valence-corrected chi connectivity index (χ0v) is 23.0. The number of esters is 1. The summed E-state index contributed by atoms with van der Waals surface area (Å²) in [5, 5.41) is 3.38. The summed E-state index contributed by atoms with van der Waals surface area (Å²) >= 11 is 1.41. The highest BCUT2D eigenvalue weighted by Gasteiger charge is 2.32. The number of sulfonamides is 1. The Hall–Kier alpha value is -2.27. The molecule has 0 aliphatic carbocycles. The summed E-state index contributed by atoms with van der Waals surface area (Å²) in [7, 11) is -3.61. The molecule has 0 spiro atoms. The molecule has 2 aliphatic rings. The first-order valence-corrected chi connectivity index (χ1v) is 14.9. The van der Waals surface area contributed by atoms with Crippen LogP contribution in [0.15, 0.2) is 29.2 Å². The van der Waals surface area contributed by atoms with Gasteiger partial charge in [-0.1, -0.05) is 6.42 Å². The summed E-state index contributed by atoms with van der Waals surface area (Å²) in [4.78, 5) is 29.5. The van der Waals surface area contributed by atoms with Gasteiger partial charge in [-0.3, -0.25) is 9.69 Å². The molecule has 1 atom stereocenters. The number of piperidine rings is 1. The molecular weight excluding hydrogens is 498 g/mol. The lowest BCUT2D eigenvalue weighted by molar-refractivity contribution is 0.0526. The average molecular weight is 534 g/mol. The van der Waals surface area contributed by atoms with Gasteiger partial charge in [0.25, 0.3) is 5.91 Å². The number of amides is 1. The van der Waals surface area contributed by atoms with Gasteiger partial charge < -0.3 is 10.1 Å². The molecule has 1 fully saturated rings. The number of anilines is 1. The third-order valence-electron chi connectivity index (χ3n) is 6.99. The van der Waals surface area contributed by atoms with Gasteiger partial charge in [-0.2, -0.15) is 4.31 Å². The lowest BCUT2D eigenvalue weighted by atomic mass is 10.0. The third-order valence-corrected chi connectivity index (χ3v) is 10.1. The Kier molecular flexibility index (Phi) is 8.18. The number of thiophene rings is 1. The van der Waals surface area contributed by atoms with Crippen molar-refractivity contribution in [3.63, 3.8) is 0 Å². The van der Waals surface area contributed by atoms with Gasteiger partial charge in [0, 0.05) is 42.2 Å². The Morgan fingerprint density at radius 3 is 2.53 bits per heavy atom. The number of ether oxygens (including phenoxy) is 1. The normalized spacial score (nSPS) is 19.2. The topological polar surface area (TPSA) is 96.0 Å². The van der Waals surface area contributed by atoms with Crippen LogP contribution in [0.4, 0.5) is 5.00 Å². The van der Waals surface area contributed by atoms with Crippen molar-refractivity contribution in [2.45, 2.75) is 76.9 Å². The lowest BCUT2D eigenvalue weighted by Crippen LogP contribution is -2.41. The van der Waals surface area contributed by atoms with Crippen LogP contribution in [0.2, 0.25) is 0 Å². The van der Waals surface area contributed by atoms with Gasteiger partial charge in [-0.05, 0) is 76.8 Å². The average Bonchev–Trinajstić information content (AvgIpc) is 3.21. The number of nitrogens with zero attached hydrogens (tertiary/aromatic N) is 2. The molecule has 10 heteroatoms. The summed E-state index contributed by atoms with van der Waals surface area (Å²) < 4.78 is 33.1. The minimum absolute atomic E-state index is 0.0375. The van der Waals surface area contributed by atoms with Crippen molar-refractivity contribution in [1.29, 1.82) is 0 Å². The molecule has 4 rings (SSSR count). The minimum atomic E-state index is -3.61. The SMILES string of the molecule is CCOC(=O)c1c(NC(=O)c2ccc(S(=O)(=O)N3CCCC[C@H]3C)cc2)sc2c1CCN(C(C)C)C2. The van der Waals surface area contributed by atoms with Crippen LogP contribution in [-0.4, -0.2) is 61.3 Å². The molecule has 2 aromatic rings. The molecule has 36 heavy (non-hydrogen) atoms. The maximum atomic E-state index is 13.1. The smallest absolute Gasteiger partial charge is 0.341 e. The summed E-state index contributed by atoms with van der Waals surface area (Å²) in [6, 6.07) is 6.36. The van der Waals surface area contributed by atoms with E-state index < -0.39 is 21.9 Å². The molecule has 0 radical (unpaired) electrons. The fraction of sp³-hybridized carbons (Fsp3) is 0.538. The minimum Gasteiger partial charge on any atom is -0.462 e. The van der Waals surface area contributed by atoms with Crippen molar-refractivity contribution in [3.8, 4) is 0 Å². The highest BCUT2D eigenvalue weighted by molar-refractivity contribution is 7.89. The van der Waals surface area contributed by atoms with Gasteiger partial charge in [-0.15, -0.1) is 11.3 Å². The van der Waals surface area contributed by atoms with Gasteiger partial charge in [0.1, 0.15) is 5.00 Å². The second-order valence-corrected chi connectivity index (χ2v) is 12.7. The van der Waals surface area contributed by atoms with Gasteiger partial charge in [0.05, 0.1) is 17.1 Å². The first-order valence-electron chi connectivity index (χ1n) is 12.6. The van der Waals surface area contributed by atoms with Crippen LogP contribution in [0.3, 0.4) is 0 Å². The Morgan fingerprint density at radius 2 is 1.89 bits per heavy atom. The fourth-order valence-electron chi connectivity index (χ4n) is 4.89. The maximum Gasteiger partial charge on any atom is 0.341 e. The zero-order valence-electron chi connectivity index (χ0n) is 21.4.